The Morgan fingerprint density at radius 3 is 2.53 bits per heavy atom. The van der Waals surface area contributed by atoms with Gasteiger partial charge in [0.1, 0.15) is 0 Å². The molecule has 0 saturated heterocycles. The fourth-order valence-corrected chi connectivity index (χ4v) is 1.63. The first kappa shape index (κ1) is 15.7. The van der Waals surface area contributed by atoms with Crippen LogP contribution in [0.4, 0.5) is 0 Å². The zero-order valence-corrected chi connectivity index (χ0v) is 10.9. The summed E-state index contributed by atoms with van der Waals surface area (Å²) in [5.41, 5.74) is 5.51. The second-order valence-corrected chi connectivity index (χ2v) is 4.24. The van der Waals surface area contributed by atoms with Gasteiger partial charge in [-0.2, -0.15) is 0 Å². The van der Waals surface area contributed by atoms with Gasteiger partial charge in [0.05, 0.1) is 6.04 Å². The third kappa shape index (κ3) is 7.60. The number of carbonyl (C=O) groups excluding carboxylic acids is 1. The molecule has 0 bridgehead atoms. The molecule has 0 spiro atoms. The highest BCUT2D eigenvalue weighted by Crippen LogP contribution is 2.03. The largest absolute Gasteiger partial charge is 0.409 e. The predicted octanol–water partition coefficient (Wildman–Crippen LogP) is 1.99. The van der Waals surface area contributed by atoms with Gasteiger partial charge in [-0.25, -0.2) is 0 Å². The normalized spacial score (nSPS) is 13.4. The third-order valence-electron chi connectivity index (χ3n) is 2.64. The number of unbranched alkanes of at least 4 members (excludes halogenated alkanes) is 3. The smallest absolute Gasteiger partial charge is 0.220 e. The first-order valence-electron chi connectivity index (χ1n) is 6.42. The van der Waals surface area contributed by atoms with Crippen molar-refractivity contribution in [2.45, 2.75) is 64.8 Å². The Hall–Kier alpha value is -1.26. The Morgan fingerprint density at radius 1 is 1.29 bits per heavy atom. The molecule has 0 aliphatic rings. The number of oxime groups is 1. The van der Waals surface area contributed by atoms with Gasteiger partial charge in [-0.1, -0.05) is 44.7 Å². The molecule has 0 aromatic heterocycles. The van der Waals surface area contributed by atoms with Crippen molar-refractivity contribution in [1.82, 2.24) is 5.32 Å². The van der Waals surface area contributed by atoms with Gasteiger partial charge in [0, 0.05) is 6.42 Å². The lowest BCUT2D eigenvalue weighted by molar-refractivity contribution is -0.121. The molecule has 0 aromatic carbocycles. The number of amides is 1. The van der Waals surface area contributed by atoms with Crippen molar-refractivity contribution in [2.75, 3.05) is 0 Å². The van der Waals surface area contributed by atoms with Gasteiger partial charge in [-0.15, -0.1) is 0 Å². The highest BCUT2D eigenvalue weighted by Gasteiger charge is 2.15. The van der Waals surface area contributed by atoms with E-state index in [2.05, 4.69) is 17.4 Å². The average molecular weight is 243 g/mol. The molecule has 5 heteroatoms. The molecule has 17 heavy (non-hydrogen) atoms. The van der Waals surface area contributed by atoms with Crippen LogP contribution in [0.2, 0.25) is 0 Å². The quantitative estimate of drug-likeness (QED) is 0.190. The highest BCUT2D eigenvalue weighted by molar-refractivity contribution is 5.89. The minimum Gasteiger partial charge on any atom is -0.409 e. The summed E-state index contributed by atoms with van der Waals surface area (Å²) < 4.78 is 0. The number of amidine groups is 1. The van der Waals surface area contributed by atoms with Crippen LogP contribution in [0.25, 0.3) is 0 Å². The molecule has 1 unspecified atom stereocenters. The summed E-state index contributed by atoms with van der Waals surface area (Å²) in [7, 11) is 0. The molecule has 0 heterocycles. The molecule has 100 valence electrons. The zero-order chi connectivity index (χ0) is 13.1. The van der Waals surface area contributed by atoms with E-state index in [0.717, 1.165) is 32.1 Å². The molecule has 0 aromatic rings. The van der Waals surface area contributed by atoms with Crippen LogP contribution in [0, 0.1) is 0 Å². The SMILES string of the molecule is CCCCCCC(=O)NC(CCC)C(N)=NO. The second kappa shape index (κ2) is 9.93. The molecule has 0 saturated carbocycles. The van der Waals surface area contributed by atoms with Gasteiger partial charge < -0.3 is 16.3 Å². The molecule has 4 N–H and O–H groups in total. The van der Waals surface area contributed by atoms with Crippen molar-refractivity contribution in [2.24, 2.45) is 10.9 Å². The molecular formula is C12H25N3O2. The maximum Gasteiger partial charge on any atom is 0.220 e. The summed E-state index contributed by atoms with van der Waals surface area (Å²) in [6, 6.07) is -0.344. The maximum atomic E-state index is 11.6. The van der Waals surface area contributed by atoms with Crippen molar-refractivity contribution in [3.63, 3.8) is 0 Å². The van der Waals surface area contributed by atoms with Gasteiger partial charge in [0.25, 0.3) is 0 Å². The molecule has 0 radical (unpaired) electrons. The minimum atomic E-state index is -0.344. The number of nitrogens with one attached hydrogen (secondary N) is 1. The lowest BCUT2D eigenvalue weighted by Crippen LogP contribution is -2.44. The van der Waals surface area contributed by atoms with Crippen molar-refractivity contribution >= 4 is 11.7 Å². The van der Waals surface area contributed by atoms with Gasteiger partial charge in [0.2, 0.25) is 5.91 Å². The molecular weight excluding hydrogens is 218 g/mol. The van der Waals surface area contributed by atoms with Crippen LogP contribution < -0.4 is 11.1 Å². The van der Waals surface area contributed by atoms with Gasteiger partial charge in [-0.3, -0.25) is 4.79 Å². The number of carbonyl (C=O) groups is 1. The van der Waals surface area contributed by atoms with E-state index < -0.39 is 0 Å². The lowest BCUT2D eigenvalue weighted by Gasteiger charge is -2.16. The fourth-order valence-electron chi connectivity index (χ4n) is 1.63. The van der Waals surface area contributed by atoms with E-state index in [1.807, 2.05) is 6.92 Å². The standard InChI is InChI=1S/C12H25N3O2/c1-3-5-6-7-9-11(16)14-10(8-4-2)12(13)15-17/h10,17H,3-9H2,1-2H3,(H2,13,15)(H,14,16). The zero-order valence-electron chi connectivity index (χ0n) is 10.9. The van der Waals surface area contributed by atoms with Gasteiger partial charge in [-0.05, 0) is 12.8 Å². The monoisotopic (exact) mass is 243 g/mol. The Morgan fingerprint density at radius 2 is 2.00 bits per heavy atom. The Labute approximate surface area is 103 Å². The van der Waals surface area contributed by atoms with Gasteiger partial charge in [0.15, 0.2) is 5.84 Å². The van der Waals surface area contributed by atoms with E-state index in [1.54, 1.807) is 0 Å². The van der Waals surface area contributed by atoms with E-state index in [0.29, 0.717) is 12.8 Å². The van der Waals surface area contributed by atoms with Crippen LogP contribution in [-0.4, -0.2) is 23.0 Å². The summed E-state index contributed by atoms with van der Waals surface area (Å²) in [6.45, 7) is 4.13. The summed E-state index contributed by atoms with van der Waals surface area (Å²) in [6.07, 6.45) is 6.36. The summed E-state index contributed by atoms with van der Waals surface area (Å²) >= 11 is 0. The first-order chi connectivity index (χ1) is 8.15. The van der Waals surface area contributed by atoms with E-state index in [4.69, 9.17) is 10.9 Å². The third-order valence-corrected chi connectivity index (χ3v) is 2.64. The van der Waals surface area contributed by atoms with Crippen LogP contribution in [0.1, 0.15) is 58.8 Å². The highest BCUT2D eigenvalue weighted by atomic mass is 16.4. The second-order valence-electron chi connectivity index (χ2n) is 4.24. The number of nitrogens with two attached hydrogens (primary N) is 1. The van der Waals surface area contributed by atoms with Crippen LogP contribution in [0.3, 0.4) is 0 Å². The molecule has 5 nitrogen and oxygen atoms in total. The first-order valence-corrected chi connectivity index (χ1v) is 6.42. The van der Waals surface area contributed by atoms with Crippen molar-refractivity contribution < 1.29 is 10.0 Å². The minimum absolute atomic E-state index is 0.0221. The van der Waals surface area contributed by atoms with Gasteiger partial charge >= 0.3 is 0 Å². The molecule has 1 atom stereocenters. The molecule has 0 rings (SSSR count). The van der Waals surface area contributed by atoms with E-state index in [1.165, 1.54) is 0 Å². The average Bonchev–Trinajstić information content (AvgIpc) is 2.33. The lowest BCUT2D eigenvalue weighted by atomic mass is 10.1. The summed E-state index contributed by atoms with van der Waals surface area (Å²) in [5.74, 6) is 0.0555. The molecule has 0 aliphatic carbocycles. The molecule has 0 fully saturated rings. The number of hydrogen-bond donors (Lipinski definition) is 3. The molecule has 1 amide bonds. The van der Waals surface area contributed by atoms with E-state index >= 15 is 0 Å². The topological polar surface area (TPSA) is 87.7 Å². The van der Waals surface area contributed by atoms with Crippen LogP contribution in [0.5, 0.6) is 0 Å². The number of hydrogen-bond acceptors (Lipinski definition) is 3. The van der Waals surface area contributed by atoms with Crippen molar-refractivity contribution in [3.05, 3.63) is 0 Å². The summed E-state index contributed by atoms with van der Waals surface area (Å²) in [4.78, 5) is 11.6. The van der Waals surface area contributed by atoms with Crippen molar-refractivity contribution in [1.29, 1.82) is 0 Å². The predicted molar refractivity (Wildman–Crippen MR) is 69.0 cm³/mol. The van der Waals surface area contributed by atoms with Crippen LogP contribution in [0.15, 0.2) is 5.16 Å². The van der Waals surface area contributed by atoms with Crippen molar-refractivity contribution in [3.8, 4) is 0 Å². The van der Waals surface area contributed by atoms with E-state index in [9.17, 15) is 4.79 Å². The maximum absolute atomic E-state index is 11.6. The Balaban J connectivity index is 3.95. The van der Waals surface area contributed by atoms with Crippen LogP contribution >= 0.6 is 0 Å². The molecule has 0 aliphatic heterocycles. The number of nitrogens with zero attached hydrogens (tertiary/aromatic N) is 1. The Kier molecular flexibility index (Phi) is 9.19. The van der Waals surface area contributed by atoms with Crippen LogP contribution in [-0.2, 0) is 4.79 Å². The Bertz CT molecular complexity index is 242. The fraction of sp³-hybridized carbons (Fsp3) is 0.833. The number of rotatable bonds is 9. The van der Waals surface area contributed by atoms with E-state index in [-0.39, 0.29) is 17.8 Å². The summed E-state index contributed by atoms with van der Waals surface area (Å²) in [5, 5.41) is 14.3.